The zero-order valence-electron chi connectivity index (χ0n) is 18.4. The van der Waals surface area contributed by atoms with Crippen LogP contribution in [0.5, 0.6) is 0 Å². The van der Waals surface area contributed by atoms with Gasteiger partial charge in [0.2, 0.25) is 5.91 Å². The third-order valence-corrected chi connectivity index (χ3v) is 6.78. The Morgan fingerprint density at radius 3 is 2.39 bits per heavy atom. The zero-order chi connectivity index (χ0) is 21.6. The van der Waals surface area contributed by atoms with E-state index in [1.165, 1.54) is 5.69 Å². The molecule has 164 valence electrons. The van der Waals surface area contributed by atoms with E-state index in [-0.39, 0.29) is 23.8 Å². The first-order chi connectivity index (χ1) is 15.1. The summed E-state index contributed by atoms with van der Waals surface area (Å²) in [7, 11) is 1.91. The first-order valence-corrected chi connectivity index (χ1v) is 11.6. The third kappa shape index (κ3) is 5.27. The highest BCUT2D eigenvalue weighted by Gasteiger charge is 2.27. The van der Waals surface area contributed by atoms with Crippen molar-refractivity contribution in [2.24, 2.45) is 5.92 Å². The molecule has 1 N–H and O–H groups in total. The summed E-state index contributed by atoms with van der Waals surface area (Å²) in [6.45, 7) is 2.41. The molecule has 1 aliphatic carbocycles. The third-order valence-electron chi connectivity index (χ3n) is 6.78. The van der Waals surface area contributed by atoms with Crippen molar-refractivity contribution in [2.75, 3.05) is 25.0 Å². The predicted octanol–water partition coefficient (Wildman–Crippen LogP) is 4.23. The Labute approximate surface area is 185 Å². The van der Waals surface area contributed by atoms with Gasteiger partial charge in [-0.15, -0.1) is 0 Å². The van der Waals surface area contributed by atoms with Gasteiger partial charge < -0.3 is 15.1 Å². The molecule has 1 aliphatic heterocycles. The van der Waals surface area contributed by atoms with Crippen molar-refractivity contribution < 1.29 is 9.59 Å². The Bertz CT molecular complexity index is 875. The molecule has 1 atom stereocenters. The summed E-state index contributed by atoms with van der Waals surface area (Å²) in [6, 6.07) is 18.3. The van der Waals surface area contributed by atoms with Crippen LogP contribution in [0.25, 0.3) is 0 Å². The summed E-state index contributed by atoms with van der Waals surface area (Å²) in [5.41, 5.74) is 2.95. The van der Waals surface area contributed by atoms with Crippen molar-refractivity contribution >= 4 is 17.5 Å². The molecule has 31 heavy (non-hydrogen) atoms. The maximum atomic E-state index is 13.1. The van der Waals surface area contributed by atoms with Gasteiger partial charge in [0.25, 0.3) is 5.91 Å². The molecular formula is C26H33N3O2. The fourth-order valence-corrected chi connectivity index (χ4v) is 4.80. The number of amides is 2. The number of nitrogens with one attached hydrogen (secondary N) is 1. The van der Waals surface area contributed by atoms with E-state index < -0.39 is 0 Å². The van der Waals surface area contributed by atoms with Crippen molar-refractivity contribution in [3.8, 4) is 0 Å². The fraction of sp³-hybridized carbons (Fsp3) is 0.462. The van der Waals surface area contributed by atoms with E-state index in [9.17, 15) is 9.59 Å². The molecule has 5 heteroatoms. The van der Waals surface area contributed by atoms with E-state index in [2.05, 4.69) is 34.5 Å². The second-order valence-corrected chi connectivity index (χ2v) is 8.89. The Hall–Kier alpha value is -2.82. The molecule has 1 heterocycles. The number of benzene rings is 2. The summed E-state index contributed by atoms with van der Waals surface area (Å²) in [5.74, 6) is 0.402. The van der Waals surface area contributed by atoms with Crippen molar-refractivity contribution in [3.05, 3.63) is 65.7 Å². The van der Waals surface area contributed by atoms with Crippen molar-refractivity contribution in [3.63, 3.8) is 0 Å². The quantitative estimate of drug-likeness (QED) is 0.762. The molecular weight excluding hydrogens is 386 g/mol. The molecule has 1 unspecified atom stereocenters. The van der Waals surface area contributed by atoms with E-state index in [1.54, 1.807) is 0 Å². The minimum atomic E-state index is 0.0569. The Morgan fingerprint density at radius 1 is 0.968 bits per heavy atom. The lowest BCUT2D eigenvalue weighted by atomic mass is 10.0. The predicted molar refractivity (Wildman–Crippen MR) is 124 cm³/mol. The van der Waals surface area contributed by atoms with Crippen molar-refractivity contribution in [2.45, 2.75) is 51.1 Å². The second kappa shape index (κ2) is 9.99. The number of para-hydroxylation sites is 1. The number of likely N-dealkylation sites (N-methyl/N-ethyl adjacent to an activating group) is 1. The van der Waals surface area contributed by atoms with Crippen LogP contribution in [-0.2, 0) is 11.3 Å². The van der Waals surface area contributed by atoms with Crippen LogP contribution in [0.2, 0.25) is 0 Å². The van der Waals surface area contributed by atoms with E-state index in [0.717, 1.165) is 57.2 Å². The van der Waals surface area contributed by atoms with Gasteiger partial charge in [-0.3, -0.25) is 9.59 Å². The smallest absolute Gasteiger partial charge is 0.253 e. The van der Waals surface area contributed by atoms with Crippen LogP contribution in [-0.4, -0.2) is 42.9 Å². The lowest BCUT2D eigenvalue weighted by molar-refractivity contribution is -0.124. The standard InChI is InChI=1S/C26H33N3O2/c1-28(24-12-7-17-29(19-24)23-10-3-2-4-11-23)26(31)22-15-13-20(14-16-22)18-27-25(30)21-8-5-6-9-21/h2-4,10-11,13-16,21,24H,5-9,12,17-19H2,1H3,(H,27,30). The molecule has 0 spiro atoms. The average molecular weight is 420 g/mol. The largest absolute Gasteiger partial charge is 0.369 e. The minimum Gasteiger partial charge on any atom is -0.369 e. The first kappa shape index (κ1) is 21.4. The van der Waals surface area contributed by atoms with Crippen LogP contribution in [0.3, 0.4) is 0 Å². The summed E-state index contributed by atoms with van der Waals surface area (Å²) >= 11 is 0. The number of hydrogen-bond acceptors (Lipinski definition) is 3. The number of carbonyl (C=O) groups is 2. The molecule has 4 rings (SSSR count). The van der Waals surface area contributed by atoms with E-state index in [4.69, 9.17) is 0 Å². The fourth-order valence-electron chi connectivity index (χ4n) is 4.80. The Kier molecular flexibility index (Phi) is 6.90. The molecule has 0 bridgehead atoms. The maximum Gasteiger partial charge on any atom is 0.253 e. The molecule has 5 nitrogen and oxygen atoms in total. The normalized spacial score (nSPS) is 19.3. The highest BCUT2D eigenvalue weighted by molar-refractivity contribution is 5.94. The van der Waals surface area contributed by atoms with Gasteiger partial charge in [-0.2, -0.15) is 0 Å². The first-order valence-electron chi connectivity index (χ1n) is 11.6. The van der Waals surface area contributed by atoms with Gasteiger partial charge in [-0.1, -0.05) is 43.2 Å². The molecule has 2 fully saturated rings. The minimum absolute atomic E-state index is 0.0569. The summed E-state index contributed by atoms with van der Waals surface area (Å²) in [4.78, 5) is 29.6. The molecule has 2 aliphatic rings. The summed E-state index contributed by atoms with van der Waals surface area (Å²) < 4.78 is 0. The lowest BCUT2D eigenvalue weighted by Gasteiger charge is -2.39. The zero-order valence-corrected chi connectivity index (χ0v) is 18.4. The van der Waals surface area contributed by atoms with Gasteiger partial charge in [0.1, 0.15) is 0 Å². The summed E-state index contributed by atoms with van der Waals surface area (Å²) in [6.07, 6.45) is 6.44. The molecule has 2 aromatic carbocycles. The number of piperidine rings is 1. The van der Waals surface area contributed by atoms with Crippen molar-refractivity contribution in [1.82, 2.24) is 10.2 Å². The summed E-state index contributed by atoms with van der Waals surface area (Å²) in [5, 5.41) is 3.04. The van der Waals surface area contributed by atoms with Crippen LogP contribution in [0.15, 0.2) is 54.6 Å². The highest BCUT2D eigenvalue weighted by Crippen LogP contribution is 2.25. The number of carbonyl (C=O) groups excluding carboxylic acids is 2. The highest BCUT2D eigenvalue weighted by atomic mass is 16.2. The van der Waals surface area contributed by atoms with Crippen LogP contribution in [0.4, 0.5) is 5.69 Å². The Balaban J connectivity index is 1.32. The average Bonchev–Trinajstić information content (AvgIpc) is 3.38. The van der Waals surface area contributed by atoms with Crippen LogP contribution >= 0.6 is 0 Å². The Morgan fingerprint density at radius 2 is 1.68 bits per heavy atom. The SMILES string of the molecule is CN(C(=O)c1ccc(CNC(=O)C2CCCC2)cc1)C1CCCN(c2ccccc2)C1. The van der Waals surface area contributed by atoms with Crippen molar-refractivity contribution in [1.29, 1.82) is 0 Å². The van der Waals surface area contributed by atoms with E-state index in [0.29, 0.717) is 12.1 Å². The topological polar surface area (TPSA) is 52.7 Å². The van der Waals surface area contributed by atoms with Gasteiger partial charge in [0.15, 0.2) is 0 Å². The number of hydrogen-bond donors (Lipinski definition) is 1. The molecule has 0 aromatic heterocycles. The van der Waals surface area contributed by atoms with Gasteiger partial charge in [-0.25, -0.2) is 0 Å². The molecule has 2 amide bonds. The van der Waals surface area contributed by atoms with E-state index in [1.807, 2.05) is 42.3 Å². The molecule has 2 aromatic rings. The second-order valence-electron chi connectivity index (χ2n) is 8.89. The molecule has 0 radical (unpaired) electrons. The van der Waals surface area contributed by atoms with Gasteiger partial charge in [-0.05, 0) is 55.5 Å². The van der Waals surface area contributed by atoms with E-state index >= 15 is 0 Å². The number of anilines is 1. The lowest BCUT2D eigenvalue weighted by Crippen LogP contribution is -2.48. The maximum absolute atomic E-state index is 13.1. The monoisotopic (exact) mass is 419 g/mol. The van der Waals surface area contributed by atoms with Crippen LogP contribution in [0.1, 0.15) is 54.4 Å². The molecule has 1 saturated carbocycles. The van der Waals surface area contributed by atoms with Gasteiger partial charge >= 0.3 is 0 Å². The van der Waals surface area contributed by atoms with Gasteiger partial charge in [0, 0.05) is 49.9 Å². The van der Waals surface area contributed by atoms with Crippen LogP contribution in [0, 0.1) is 5.92 Å². The van der Waals surface area contributed by atoms with Gasteiger partial charge in [0.05, 0.1) is 0 Å². The number of rotatable bonds is 6. The number of nitrogens with zero attached hydrogens (tertiary/aromatic N) is 2. The molecule has 1 saturated heterocycles. The van der Waals surface area contributed by atoms with Crippen LogP contribution < -0.4 is 10.2 Å².